The number of piperidine rings is 1. The van der Waals surface area contributed by atoms with E-state index in [1.165, 1.54) is 12.1 Å². The molecule has 0 saturated carbocycles. The molecule has 0 unspecified atom stereocenters. The number of fused-ring (bicyclic) bond motifs is 1. The van der Waals surface area contributed by atoms with Crippen molar-refractivity contribution in [2.75, 3.05) is 58.0 Å². The van der Waals surface area contributed by atoms with Gasteiger partial charge in [0.1, 0.15) is 17.6 Å². The number of aromatic hydroxyl groups is 1. The van der Waals surface area contributed by atoms with E-state index in [2.05, 4.69) is 35.0 Å². The maximum atomic E-state index is 13.2. The number of rotatable bonds is 14. The summed E-state index contributed by atoms with van der Waals surface area (Å²) in [5.41, 5.74) is 5.03. The molecule has 12 nitrogen and oxygen atoms in total. The number of aromatic nitrogens is 1. The number of methoxy groups -OCH3 is 1. The number of phenols is 1. The number of quaternary nitrogens is 1. The molecule has 0 bridgehead atoms. The summed E-state index contributed by atoms with van der Waals surface area (Å²) in [4.78, 5) is 40.6. The predicted molar refractivity (Wildman–Crippen MR) is 220 cm³/mol. The van der Waals surface area contributed by atoms with E-state index >= 15 is 0 Å². The Bertz CT molecular complexity index is 2230. The van der Waals surface area contributed by atoms with Crippen LogP contribution in [-0.2, 0) is 22.4 Å². The van der Waals surface area contributed by atoms with Gasteiger partial charge in [0.25, 0.3) is 0 Å². The molecule has 1 aromatic heterocycles. The van der Waals surface area contributed by atoms with Crippen LogP contribution in [0, 0.1) is 0 Å². The van der Waals surface area contributed by atoms with Crippen LogP contribution in [0.5, 0.6) is 11.5 Å². The molecule has 0 spiro atoms. The van der Waals surface area contributed by atoms with Gasteiger partial charge < -0.3 is 39.8 Å². The van der Waals surface area contributed by atoms with E-state index in [9.17, 15) is 24.6 Å². The number of amides is 2. The van der Waals surface area contributed by atoms with E-state index in [0.29, 0.717) is 52.5 Å². The maximum Gasteiger partial charge on any atom is 0.411 e. The van der Waals surface area contributed by atoms with Crippen LogP contribution in [0.3, 0.4) is 0 Å². The zero-order valence-electron chi connectivity index (χ0n) is 31.9. The SMILES string of the molecule is COc1cc(NC(=O)CCc2ccc(-c3ccccc3)c(NC(=O)OC3CC[N+](C)(C)CC3)c2)c(Cl)cc1CCNC[C@H](O)c1ccc(O)c2[nH]c(=O)ccc12. The highest BCUT2D eigenvalue weighted by atomic mass is 35.5. The van der Waals surface area contributed by atoms with Gasteiger partial charge in [0.15, 0.2) is 0 Å². The molecule has 0 radical (unpaired) electrons. The van der Waals surface area contributed by atoms with Gasteiger partial charge in [-0.1, -0.05) is 60.1 Å². The molecule has 6 N–H and O–H groups in total. The number of hydrogen-bond acceptors (Lipinski definition) is 8. The van der Waals surface area contributed by atoms with Crippen LogP contribution < -0.4 is 26.2 Å². The molecule has 4 aromatic carbocycles. The summed E-state index contributed by atoms with van der Waals surface area (Å²) in [6.07, 6.45) is 1.23. The summed E-state index contributed by atoms with van der Waals surface area (Å²) in [5.74, 6) is 0.248. The zero-order valence-corrected chi connectivity index (χ0v) is 32.6. The number of carbonyl (C=O) groups is 2. The quantitative estimate of drug-likeness (QED) is 0.0531. The number of likely N-dealkylation sites (tertiary alicyclic amines) is 1. The van der Waals surface area contributed by atoms with E-state index < -0.39 is 12.2 Å². The van der Waals surface area contributed by atoms with Crippen LogP contribution in [0.2, 0.25) is 5.02 Å². The molecule has 1 aliphatic rings. The Hall–Kier alpha value is -5.40. The van der Waals surface area contributed by atoms with Crippen molar-refractivity contribution in [3.63, 3.8) is 0 Å². The topological polar surface area (TPSA) is 162 Å². The van der Waals surface area contributed by atoms with E-state index in [-0.39, 0.29) is 41.8 Å². The fourth-order valence-electron chi connectivity index (χ4n) is 7.04. The number of phenolic OH excluding ortho intramolecular Hbond substituents is 1. The molecule has 294 valence electrons. The number of halogens is 1. The van der Waals surface area contributed by atoms with Gasteiger partial charge in [-0.25, -0.2) is 4.79 Å². The molecular weight excluding hydrogens is 734 g/mol. The number of nitrogens with one attached hydrogen (secondary N) is 4. The third-order valence-electron chi connectivity index (χ3n) is 10.3. The summed E-state index contributed by atoms with van der Waals surface area (Å²) in [6.45, 7) is 2.60. The van der Waals surface area contributed by atoms with E-state index in [0.717, 1.165) is 52.7 Å². The lowest BCUT2D eigenvalue weighted by atomic mass is 9.99. The number of aliphatic hydroxyl groups excluding tert-OH is 1. The molecule has 0 aliphatic carbocycles. The van der Waals surface area contributed by atoms with Crippen LogP contribution in [-0.4, -0.2) is 85.2 Å². The number of H-pyrrole nitrogens is 1. The first-order chi connectivity index (χ1) is 26.9. The number of aromatic amines is 1. The molecule has 1 fully saturated rings. The van der Waals surface area contributed by atoms with Crippen LogP contribution in [0.1, 0.15) is 42.1 Å². The second kappa shape index (κ2) is 18.0. The summed E-state index contributed by atoms with van der Waals surface area (Å²) < 4.78 is 12.4. The van der Waals surface area contributed by atoms with Crippen molar-refractivity contribution in [1.29, 1.82) is 0 Å². The van der Waals surface area contributed by atoms with Crippen molar-refractivity contribution >= 4 is 45.9 Å². The Kier molecular flexibility index (Phi) is 13.0. The predicted octanol–water partition coefficient (Wildman–Crippen LogP) is 6.79. The average Bonchev–Trinajstić information content (AvgIpc) is 3.18. The first-order valence-corrected chi connectivity index (χ1v) is 19.1. The molecule has 1 atom stereocenters. The third-order valence-corrected chi connectivity index (χ3v) is 10.6. The van der Waals surface area contributed by atoms with Crippen molar-refractivity contribution < 1.29 is 33.8 Å². The van der Waals surface area contributed by atoms with Crippen molar-refractivity contribution in [3.8, 4) is 22.6 Å². The normalized spacial score (nSPS) is 14.6. The minimum atomic E-state index is -0.896. The Balaban J connectivity index is 1.04. The summed E-state index contributed by atoms with van der Waals surface area (Å²) >= 11 is 6.64. The van der Waals surface area contributed by atoms with Crippen molar-refractivity contribution in [3.05, 3.63) is 117 Å². The molecule has 1 aliphatic heterocycles. The summed E-state index contributed by atoms with van der Waals surface area (Å²) in [6, 6.07) is 25.1. The van der Waals surface area contributed by atoms with E-state index in [1.54, 1.807) is 31.4 Å². The monoisotopic (exact) mass is 782 g/mol. The highest BCUT2D eigenvalue weighted by Crippen LogP contribution is 2.33. The first-order valence-electron chi connectivity index (χ1n) is 18.8. The first kappa shape index (κ1) is 40.3. The Labute approximate surface area is 331 Å². The number of hydrogen-bond donors (Lipinski definition) is 6. The minimum Gasteiger partial charge on any atom is -0.506 e. The molecular formula is C43H49ClN5O7+. The second-order valence-electron chi connectivity index (χ2n) is 14.8. The number of carbonyl (C=O) groups excluding carboxylic acids is 2. The van der Waals surface area contributed by atoms with Gasteiger partial charge in [-0.3, -0.25) is 14.9 Å². The summed E-state index contributed by atoms with van der Waals surface area (Å²) in [5, 5.41) is 31.1. The highest BCUT2D eigenvalue weighted by molar-refractivity contribution is 6.33. The van der Waals surface area contributed by atoms with Crippen LogP contribution in [0.15, 0.2) is 89.7 Å². The van der Waals surface area contributed by atoms with Gasteiger partial charge >= 0.3 is 6.09 Å². The fourth-order valence-corrected chi connectivity index (χ4v) is 7.27. The second-order valence-corrected chi connectivity index (χ2v) is 15.2. The smallest absolute Gasteiger partial charge is 0.411 e. The summed E-state index contributed by atoms with van der Waals surface area (Å²) in [7, 11) is 5.91. The van der Waals surface area contributed by atoms with Gasteiger partial charge in [-0.05, 0) is 65.9 Å². The Morgan fingerprint density at radius 1 is 0.946 bits per heavy atom. The lowest BCUT2D eigenvalue weighted by Crippen LogP contribution is -2.48. The fraction of sp³-hybridized carbons (Fsp3) is 0.326. The molecule has 2 amide bonds. The number of aryl methyl sites for hydroxylation is 1. The van der Waals surface area contributed by atoms with Gasteiger partial charge in [-0.15, -0.1) is 0 Å². The maximum absolute atomic E-state index is 13.2. The molecule has 56 heavy (non-hydrogen) atoms. The van der Waals surface area contributed by atoms with Crippen LogP contribution in [0.4, 0.5) is 16.2 Å². The van der Waals surface area contributed by atoms with Crippen molar-refractivity contribution in [2.45, 2.75) is 44.3 Å². The minimum absolute atomic E-state index is 0.0701. The van der Waals surface area contributed by atoms with E-state index in [4.69, 9.17) is 21.1 Å². The largest absolute Gasteiger partial charge is 0.506 e. The third kappa shape index (κ3) is 10.3. The molecule has 13 heteroatoms. The van der Waals surface area contributed by atoms with Gasteiger partial charge in [0.2, 0.25) is 11.5 Å². The lowest BCUT2D eigenvalue weighted by molar-refractivity contribution is -0.896. The number of benzene rings is 4. The number of ether oxygens (including phenoxy) is 2. The van der Waals surface area contributed by atoms with Gasteiger partial charge in [-0.2, -0.15) is 0 Å². The standard InChI is InChI=1S/C43H48ClN5O7/c1-49(2)21-18-30(19-22-49)56-43(54)47-35-23-27(9-11-31(35)28-7-5-4-6-8-28)10-15-40(52)46-36-25-39(55-3)29(24-34(36)44)17-20-45-26-38(51)32-12-14-37(50)42-33(32)13-16-41(53)48-42/h4-9,11-14,16,23-25,30,38,45,51H,10,15,17-22,26H2,1-3H3,(H3-,46,47,48,50,52,53,54)/p+1/t38-/m0/s1. The number of aliphatic hydroxyl groups is 1. The van der Waals surface area contributed by atoms with Gasteiger partial charge in [0.05, 0.1) is 62.3 Å². The molecule has 2 heterocycles. The molecule has 6 rings (SSSR count). The average molecular weight is 783 g/mol. The van der Waals surface area contributed by atoms with E-state index in [1.807, 2.05) is 48.5 Å². The van der Waals surface area contributed by atoms with Crippen LogP contribution >= 0.6 is 11.6 Å². The molecule has 5 aromatic rings. The Morgan fingerprint density at radius 3 is 2.46 bits per heavy atom. The lowest BCUT2D eigenvalue weighted by Gasteiger charge is -2.36. The van der Waals surface area contributed by atoms with Gasteiger partial charge in [0, 0.05) is 48.9 Å². The zero-order chi connectivity index (χ0) is 39.8. The van der Waals surface area contributed by atoms with Crippen LogP contribution in [0.25, 0.3) is 22.0 Å². The number of anilines is 2. The molecule has 1 saturated heterocycles. The van der Waals surface area contributed by atoms with Crippen molar-refractivity contribution in [1.82, 2.24) is 10.3 Å². The van der Waals surface area contributed by atoms with Crippen molar-refractivity contribution in [2.24, 2.45) is 0 Å². The highest BCUT2D eigenvalue weighted by Gasteiger charge is 2.28. The number of nitrogens with zero attached hydrogens (tertiary/aromatic N) is 1. The number of pyridine rings is 1. The Morgan fingerprint density at radius 2 is 1.71 bits per heavy atom.